The Hall–Kier alpha value is -0.570. The van der Waals surface area contributed by atoms with E-state index in [1.165, 1.54) is 44.9 Å². The summed E-state index contributed by atoms with van der Waals surface area (Å²) < 4.78 is 0. The molecule has 1 aliphatic heterocycles. The van der Waals surface area contributed by atoms with Crippen LogP contribution in [0.5, 0.6) is 0 Å². The summed E-state index contributed by atoms with van der Waals surface area (Å²) in [6, 6.07) is 1.23. The molecule has 1 heterocycles. The lowest BCUT2D eigenvalue weighted by Gasteiger charge is -2.43. The van der Waals surface area contributed by atoms with E-state index in [1.807, 2.05) is 7.05 Å². The van der Waals surface area contributed by atoms with E-state index in [1.54, 1.807) is 0 Å². The number of fused-ring (bicyclic) bond motifs is 1. The van der Waals surface area contributed by atoms with Gasteiger partial charge in [0.05, 0.1) is 6.04 Å². The Labute approximate surface area is 104 Å². The molecule has 3 atom stereocenters. The van der Waals surface area contributed by atoms with Gasteiger partial charge in [0.15, 0.2) is 0 Å². The van der Waals surface area contributed by atoms with Crippen LogP contribution in [0.2, 0.25) is 0 Å². The molecule has 0 spiro atoms. The van der Waals surface area contributed by atoms with Gasteiger partial charge in [-0.1, -0.05) is 6.42 Å². The highest BCUT2D eigenvalue weighted by atomic mass is 16.2. The van der Waals surface area contributed by atoms with Crippen molar-refractivity contribution in [3.63, 3.8) is 0 Å². The van der Waals surface area contributed by atoms with E-state index in [4.69, 9.17) is 0 Å². The molecule has 0 aromatic carbocycles. The molecule has 96 valence electrons. The van der Waals surface area contributed by atoms with E-state index in [-0.39, 0.29) is 6.04 Å². The number of nitrogens with zero attached hydrogens (tertiary/aromatic N) is 1. The number of nitrogens with one attached hydrogen (secondary N) is 1. The number of likely N-dealkylation sites (tertiary alicyclic amines) is 1. The zero-order valence-electron chi connectivity index (χ0n) is 10.8. The Kier molecular flexibility index (Phi) is 3.12. The molecular weight excluding hydrogens is 212 g/mol. The monoisotopic (exact) mass is 236 g/mol. The molecule has 2 saturated carbocycles. The lowest BCUT2D eigenvalue weighted by Crippen LogP contribution is -2.54. The van der Waals surface area contributed by atoms with E-state index in [9.17, 15) is 4.79 Å². The molecule has 0 aromatic heterocycles. The van der Waals surface area contributed by atoms with Crippen molar-refractivity contribution in [2.24, 2.45) is 5.92 Å². The molecule has 1 amide bonds. The van der Waals surface area contributed by atoms with Crippen LogP contribution in [0.15, 0.2) is 0 Å². The third-order valence-electron chi connectivity index (χ3n) is 5.17. The van der Waals surface area contributed by atoms with Crippen molar-refractivity contribution in [3.8, 4) is 0 Å². The van der Waals surface area contributed by atoms with Crippen LogP contribution < -0.4 is 5.32 Å². The fourth-order valence-corrected chi connectivity index (χ4v) is 3.95. The molecule has 3 fully saturated rings. The smallest absolute Gasteiger partial charge is 0.240 e. The van der Waals surface area contributed by atoms with Crippen LogP contribution in [0, 0.1) is 5.92 Å². The number of rotatable bonds is 2. The van der Waals surface area contributed by atoms with Gasteiger partial charge in [-0.2, -0.15) is 0 Å². The minimum Gasteiger partial charge on any atom is -0.335 e. The van der Waals surface area contributed by atoms with Gasteiger partial charge in [-0.25, -0.2) is 0 Å². The molecule has 0 aromatic rings. The zero-order chi connectivity index (χ0) is 11.8. The number of hydrogen-bond acceptors (Lipinski definition) is 2. The van der Waals surface area contributed by atoms with Crippen molar-refractivity contribution in [1.82, 2.24) is 10.2 Å². The summed E-state index contributed by atoms with van der Waals surface area (Å²) in [4.78, 5) is 14.9. The molecular formula is C14H24N2O. The van der Waals surface area contributed by atoms with Crippen LogP contribution in [0.4, 0.5) is 0 Å². The van der Waals surface area contributed by atoms with Gasteiger partial charge < -0.3 is 10.2 Å². The van der Waals surface area contributed by atoms with E-state index in [2.05, 4.69) is 10.2 Å². The van der Waals surface area contributed by atoms with Gasteiger partial charge in [0.25, 0.3) is 0 Å². The summed E-state index contributed by atoms with van der Waals surface area (Å²) in [7, 11) is 1.93. The topological polar surface area (TPSA) is 32.3 Å². The molecule has 2 aliphatic carbocycles. The lowest BCUT2D eigenvalue weighted by molar-refractivity contribution is -0.140. The van der Waals surface area contributed by atoms with Gasteiger partial charge in [-0.3, -0.25) is 4.79 Å². The Balaban J connectivity index is 1.84. The summed E-state index contributed by atoms with van der Waals surface area (Å²) in [6.45, 7) is 0. The summed E-state index contributed by atoms with van der Waals surface area (Å²) in [5.74, 6) is 1.18. The molecule has 3 nitrogen and oxygen atoms in total. The third kappa shape index (κ3) is 1.88. The molecule has 3 aliphatic rings. The van der Waals surface area contributed by atoms with Crippen molar-refractivity contribution >= 4 is 5.91 Å². The number of likely N-dealkylation sites (N-methyl/N-ethyl adjacent to an activating group) is 1. The minimum atomic E-state index is 0.0844. The van der Waals surface area contributed by atoms with Crippen LogP contribution in [-0.2, 0) is 4.79 Å². The second kappa shape index (κ2) is 4.60. The van der Waals surface area contributed by atoms with Crippen molar-refractivity contribution in [1.29, 1.82) is 0 Å². The van der Waals surface area contributed by atoms with Gasteiger partial charge >= 0.3 is 0 Å². The lowest BCUT2D eigenvalue weighted by atomic mass is 9.88. The van der Waals surface area contributed by atoms with Gasteiger partial charge in [0.1, 0.15) is 0 Å². The highest BCUT2D eigenvalue weighted by Gasteiger charge is 2.44. The Bertz CT molecular complexity index is 301. The Morgan fingerprint density at radius 2 is 1.82 bits per heavy atom. The molecule has 3 heteroatoms. The molecule has 3 unspecified atom stereocenters. The molecule has 3 rings (SSSR count). The first-order valence-electron chi connectivity index (χ1n) is 7.30. The largest absolute Gasteiger partial charge is 0.335 e. The standard InChI is InChI=1S/C14H24N2O/c1-15-12-9-8-10-4-2-7-13(10)16(14(12)17)11-5-3-6-11/h10-13,15H,2-9H2,1H3. The zero-order valence-corrected chi connectivity index (χ0v) is 10.8. The summed E-state index contributed by atoms with van der Waals surface area (Å²) in [6.07, 6.45) is 10.0. The van der Waals surface area contributed by atoms with Gasteiger partial charge in [0, 0.05) is 12.1 Å². The van der Waals surface area contributed by atoms with Gasteiger partial charge in [-0.05, 0) is 57.9 Å². The van der Waals surface area contributed by atoms with Crippen LogP contribution >= 0.6 is 0 Å². The third-order valence-corrected chi connectivity index (χ3v) is 5.17. The molecule has 0 radical (unpaired) electrons. The first-order valence-corrected chi connectivity index (χ1v) is 7.30. The van der Waals surface area contributed by atoms with Crippen molar-refractivity contribution in [2.45, 2.75) is 69.5 Å². The maximum atomic E-state index is 12.6. The Morgan fingerprint density at radius 3 is 2.47 bits per heavy atom. The van der Waals surface area contributed by atoms with E-state index < -0.39 is 0 Å². The predicted octanol–water partition coefficient (Wildman–Crippen LogP) is 1.92. The maximum absolute atomic E-state index is 12.6. The fraction of sp³-hybridized carbons (Fsp3) is 0.929. The van der Waals surface area contributed by atoms with E-state index in [0.717, 1.165) is 12.3 Å². The van der Waals surface area contributed by atoms with Crippen LogP contribution in [0.1, 0.15) is 51.4 Å². The summed E-state index contributed by atoms with van der Waals surface area (Å²) in [5.41, 5.74) is 0. The van der Waals surface area contributed by atoms with E-state index in [0.29, 0.717) is 18.0 Å². The number of carbonyl (C=O) groups excluding carboxylic acids is 1. The van der Waals surface area contributed by atoms with Crippen LogP contribution in [-0.4, -0.2) is 36.0 Å². The fourth-order valence-electron chi connectivity index (χ4n) is 3.95. The SMILES string of the molecule is CNC1CCC2CCCC2N(C2CCC2)C1=O. The second-order valence-corrected chi connectivity index (χ2v) is 6.01. The number of amides is 1. The number of hydrogen-bond donors (Lipinski definition) is 1. The summed E-state index contributed by atoms with van der Waals surface area (Å²) in [5, 5.41) is 3.22. The average molecular weight is 236 g/mol. The van der Waals surface area contributed by atoms with Gasteiger partial charge in [-0.15, -0.1) is 0 Å². The molecule has 17 heavy (non-hydrogen) atoms. The minimum absolute atomic E-state index is 0.0844. The highest BCUT2D eigenvalue weighted by molar-refractivity contribution is 5.83. The predicted molar refractivity (Wildman–Crippen MR) is 67.7 cm³/mol. The second-order valence-electron chi connectivity index (χ2n) is 6.01. The average Bonchev–Trinajstić information content (AvgIpc) is 2.67. The molecule has 1 saturated heterocycles. The summed E-state index contributed by atoms with van der Waals surface area (Å²) >= 11 is 0. The van der Waals surface area contributed by atoms with Crippen molar-refractivity contribution < 1.29 is 4.79 Å². The highest BCUT2D eigenvalue weighted by Crippen LogP contribution is 2.40. The van der Waals surface area contributed by atoms with E-state index >= 15 is 0 Å². The normalized spacial score (nSPS) is 38.8. The van der Waals surface area contributed by atoms with Gasteiger partial charge in [0.2, 0.25) is 5.91 Å². The number of carbonyl (C=O) groups is 1. The molecule has 1 N–H and O–H groups in total. The van der Waals surface area contributed by atoms with Crippen molar-refractivity contribution in [2.75, 3.05) is 7.05 Å². The quantitative estimate of drug-likeness (QED) is 0.794. The van der Waals surface area contributed by atoms with Crippen molar-refractivity contribution in [3.05, 3.63) is 0 Å². The van der Waals surface area contributed by atoms with Crippen LogP contribution in [0.25, 0.3) is 0 Å². The molecule has 0 bridgehead atoms. The maximum Gasteiger partial charge on any atom is 0.240 e. The van der Waals surface area contributed by atoms with Crippen LogP contribution in [0.3, 0.4) is 0 Å². The first kappa shape index (κ1) is 11.5. The Morgan fingerprint density at radius 1 is 1.06 bits per heavy atom. The first-order chi connectivity index (χ1) is 8.31.